The molecule has 1 aromatic carbocycles. The van der Waals surface area contributed by atoms with E-state index in [1.54, 1.807) is 6.07 Å². The molecule has 1 aromatic rings. The number of rotatable bonds is 2. The van der Waals surface area contributed by atoms with Crippen molar-refractivity contribution in [1.29, 1.82) is 0 Å². The summed E-state index contributed by atoms with van der Waals surface area (Å²) in [6, 6.07) is 5.54. The summed E-state index contributed by atoms with van der Waals surface area (Å²) in [7, 11) is 0. The van der Waals surface area contributed by atoms with Crippen molar-refractivity contribution in [2.45, 2.75) is 6.92 Å². The summed E-state index contributed by atoms with van der Waals surface area (Å²) in [6.07, 6.45) is 0. The standard InChI is InChI=1S/C8H8BrClO/c1-2-11-8-5-6(9)3-4-7(8)10/h3-5H,2H2,1H3. The molecule has 0 fully saturated rings. The molecule has 0 saturated heterocycles. The molecule has 1 rings (SSSR count). The molecule has 0 unspecified atom stereocenters. The minimum Gasteiger partial charge on any atom is -0.492 e. The molecule has 0 aliphatic carbocycles. The number of benzene rings is 1. The van der Waals surface area contributed by atoms with Gasteiger partial charge in [0.05, 0.1) is 11.6 Å². The molecule has 1 nitrogen and oxygen atoms in total. The highest BCUT2D eigenvalue weighted by molar-refractivity contribution is 9.10. The Labute approximate surface area is 79.4 Å². The Balaban J connectivity index is 2.93. The van der Waals surface area contributed by atoms with Crippen LogP contribution in [0.4, 0.5) is 0 Å². The van der Waals surface area contributed by atoms with Crippen molar-refractivity contribution in [3.8, 4) is 5.75 Å². The van der Waals surface area contributed by atoms with E-state index in [0.29, 0.717) is 11.6 Å². The van der Waals surface area contributed by atoms with E-state index in [2.05, 4.69) is 15.9 Å². The van der Waals surface area contributed by atoms with E-state index in [9.17, 15) is 0 Å². The summed E-state index contributed by atoms with van der Waals surface area (Å²) in [5.74, 6) is 0.726. The fourth-order valence-electron chi connectivity index (χ4n) is 0.743. The number of hydrogen-bond acceptors (Lipinski definition) is 1. The highest BCUT2D eigenvalue weighted by atomic mass is 79.9. The molecule has 0 heterocycles. The van der Waals surface area contributed by atoms with Gasteiger partial charge in [0.1, 0.15) is 5.75 Å². The Kier molecular flexibility index (Phi) is 3.21. The fourth-order valence-corrected chi connectivity index (χ4v) is 1.26. The topological polar surface area (TPSA) is 9.23 Å². The van der Waals surface area contributed by atoms with E-state index < -0.39 is 0 Å². The second-order valence-corrected chi connectivity index (χ2v) is 3.33. The van der Waals surface area contributed by atoms with Gasteiger partial charge in [-0.15, -0.1) is 0 Å². The molecule has 60 valence electrons. The lowest BCUT2D eigenvalue weighted by Gasteiger charge is -2.04. The fraction of sp³-hybridized carbons (Fsp3) is 0.250. The monoisotopic (exact) mass is 234 g/mol. The van der Waals surface area contributed by atoms with Crippen molar-refractivity contribution < 1.29 is 4.74 Å². The summed E-state index contributed by atoms with van der Waals surface area (Å²) in [5.41, 5.74) is 0. The maximum absolute atomic E-state index is 5.83. The maximum atomic E-state index is 5.83. The van der Waals surface area contributed by atoms with Crippen LogP contribution in [0, 0.1) is 0 Å². The molecule has 0 radical (unpaired) electrons. The first-order valence-electron chi connectivity index (χ1n) is 3.32. The van der Waals surface area contributed by atoms with Crippen LogP contribution in [-0.4, -0.2) is 6.61 Å². The molecule has 0 aromatic heterocycles. The van der Waals surface area contributed by atoms with Crippen molar-refractivity contribution in [3.05, 3.63) is 27.7 Å². The highest BCUT2D eigenvalue weighted by Gasteiger charge is 1.99. The lowest BCUT2D eigenvalue weighted by atomic mass is 10.3. The lowest BCUT2D eigenvalue weighted by Crippen LogP contribution is -1.91. The molecule has 0 aliphatic heterocycles. The van der Waals surface area contributed by atoms with Gasteiger partial charge in [-0.05, 0) is 25.1 Å². The van der Waals surface area contributed by atoms with E-state index in [1.807, 2.05) is 19.1 Å². The van der Waals surface area contributed by atoms with Gasteiger partial charge >= 0.3 is 0 Å². The number of ether oxygens (including phenoxy) is 1. The van der Waals surface area contributed by atoms with Crippen LogP contribution in [0.2, 0.25) is 5.02 Å². The van der Waals surface area contributed by atoms with E-state index in [1.165, 1.54) is 0 Å². The smallest absolute Gasteiger partial charge is 0.138 e. The minimum atomic E-state index is 0.635. The van der Waals surface area contributed by atoms with Crippen molar-refractivity contribution >= 4 is 27.5 Å². The summed E-state index contributed by atoms with van der Waals surface area (Å²) in [4.78, 5) is 0. The molecule has 0 amide bonds. The Morgan fingerprint density at radius 2 is 2.27 bits per heavy atom. The van der Waals surface area contributed by atoms with Crippen LogP contribution in [0.1, 0.15) is 6.92 Å². The van der Waals surface area contributed by atoms with Crippen LogP contribution in [0.5, 0.6) is 5.75 Å². The van der Waals surface area contributed by atoms with Gasteiger partial charge in [-0.2, -0.15) is 0 Å². The zero-order valence-electron chi connectivity index (χ0n) is 6.10. The Hall–Kier alpha value is -0.210. The predicted molar refractivity (Wildman–Crippen MR) is 50.3 cm³/mol. The molecule has 0 atom stereocenters. The summed E-state index contributed by atoms with van der Waals surface area (Å²) in [6.45, 7) is 2.56. The molecule has 0 bridgehead atoms. The Bertz CT molecular complexity index is 250. The van der Waals surface area contributed by atoms with Crippen LogP contribution < -0.4 is 4.74 Å². The maximum Gasteiger partial charge on any atom is 0.138 e. The third kappa shape index (κ3) is 2.38. The molecular weight excluding hydrogens is 227 g/mol. The first-order valence-corrected chi connectivity index (χ1v) is 4.49. The van der Waals surface area contributed by atoms with Gasteiger partial charge in [-0.25, -0.2) is 0 Å². The molecule has 11 heavy (non-hydrogen) atoms. The minimum absolute atomic E-state index is 0.635. The van der Waals surface area contributed by atoms with Crippen LogP contribution in [0.15, 0.2) is 22.7 Å². The third-order valence-corrected chi connectivity index (χ3v) is 2.00. The quantitative estimate of drug-likeness (QED) is 0.762. The summed E-state index contributed by atoms with van der Waals surface area (Å²) < 4.78 is 6.23. The van der Waals surface area contributed by atoms with Gasteiger partial charge < -0.3 is 4.74 Å². The van der Waals surface area contributed by atoms with E-state index in [0.717, 1.165) is 10.2 Å². The van der Waals surface area contributed by atoms with Gasteiger partial charge in [-0.3, -0.25) is 0 Å². The van der Waals surface area contributed by atoms with Crippen molar-refractivity contribution in [2.24, 2.45) is 0 Å². The second-order valence-electron chi connectivity index (χ2n) is 2.01. The number of halogens is 2. The normalized spacial score (nSPS) is 9.73. The molecule has 0 aliphatic rings. The Morgan fingerprint density at radius 3 is 2.91 bits per heavy atom. The van der Waals surface area contributed by atoms with Gasteiger partial charge in [0.15, 0.2) is 0 Å². The van der Waals surface area contributed by atoms with Crippen LogP contribution in [-0.2, 0) is 0 Å². The van der Waals surface area contributed by atoms with Crippen molar-refractivity contribution in [3.63, 3.8) is 0 Å². The Morgan fingerprint density at radius 1 is 1.55 bits per heavy atom. The van der Waals surface area contributed by atoms with Crippen molar-refractivity contribution in [1.82, 2.24) is 0 Å². The van der Waals surface area contributed by atoms with Gasteiger partial charge in [0.25, 0.3) is 0 Å². The van der Waals surface area contributed by atoms with Gasteiger partial charge in [0.2, 0.25) is 0 Å². The third-order valence-electron chi connectivity index (χ3n) is 1.19. The number of hydrogen-bond donors (Lipinski definition) is 0. The van der Waals surface area contributed by atoms with Crippen LogP contribution in [0.3, 0.4) is 0 Å². The second kappa shape index (κ2) is 3.98. The molecule has 3 heteroatoms. The highest BCUT2D eigenvalue weighted by Crippen LogP contribution is 2.27. The van der Waals surface area contributed by atoms with E-state index in [4.69, 9.17) is 16.3 Å². The largest absolute Gasteiger partial charge is 0.492 e. The first-order chi connectivity index (χ1) is 5.24. The lowest BCUT2D eigenvalue weighted by molar-refractivity contribution is 0.340. The zero-order chi connectivity index (χ0) is 8.27. The van der Waals surface area contributed by atoms with Crippen LogP contribution in [0.25, 0.3) is 0 Å². The van der Waals surface area contributed by atoms with E-state index in [-0.39, 0.29) is 0 Å². The summed E-state index contributed by atoms with van der Waals surface area (Å²) in [5, 5.41) is 0.648. The molecule has 0 N–H and O–H groups in total. The average molecular weight is 236 g/mol. The molecule has 0 saturated carbocycles. The van der Waals surface area contributed by atoms with Crippen LogP contribution >= 0.6 is 27.5 Å². The van der Waals surface area contributed by atoms with Gasteiger partial charge in [0, 0.05) is 4.47 Å². The SMILES string of the molecule is CCOc1cc(Br)ccc1Cl. The van der Waals surface area contributed by atoms with E-state index >= 15 is 0 Å². The molecular formula is C8H8BrClO. The molecule has 0 spiro atoms. The van der Waals surface area contributed by atoms with Gasteiger partial charge in [-0.1, -0.05) is 27.5 Å². The summed E-state index contributed by atoms with van der Waals surface area (Å²) >= 11 is 9.16. The average Bonchev–Trinajstić information content (AvgIpc) is 1.98. The van der Waals surface area contributed by atoms with Crippen molar-refractivity contribution in [2.75, 3.05) is 6.61 Å². The zero-order valence-corrected chi connectivity index (χ0v) is 8.45. The first kappa shape index (κ1) is 8.88. The predicted octanol–water partition coefficient (Wildman–Crippen LogP) is 3.50.